The van der Waals surface area contributed by atoms with Gasteiger partial charge >= 0.3 is 6.18 Å². The minimum atomic E-state index is -4.22. The molecule has 112 valence electrons. The highest BCUT2D eigenvalue weighted by atomic mass is 19.4. The smallest absolute Gasteiger partial charge is 0.392 e. The topological polar surface area (TPSA) is 84.9 Å². The van der Waals surface area contributed by atoms with Crippen LogP contribution in [0.15, 0.2) is 12.1 Å². The monoisotopic (exact) mass is 297 g/mol. The summed E-state index contributed by atoms with van der Waals surface area (Å²) >= 11 is 0. The van der Waals surface area contributed by atoms with Crippen molar-refractivity contribution in [2.75, 3.05) is 5.73 Å². The number of alkyl halides is 3. The molecular formula is C14H14F3N3O. The highest BCUT2D eigenvalue weighted by Crippen LogP contribution is 2.41. The first kappa shape index (κ1) is 13.8. The number of fused-ring (bicyclic) bond motifs is 3. The number of rotatable bonds is 1. The van der Waals surface area contributed by atoms with Gasteiger partial charge in [-0.3, -0.25) is 4.79 Å². The predicted octanol–water partition coefficient (Wildman–Crippen LogP) is 2.52. The summed E-state index contributed by atoms with van der Waals surface area (Å²) in [6.07, 6.45) is -4.02. The fourth-order valence-electron chi connectivity index (χ4n) is 3.05. The van der Waals surface area contributed by atoms with E-state index in [1.807, 2.05) is 0 Å². The van der Waals surface area contributed by atoms with Crippen LogP contribution in [0.5, 0.6) is 0 Å². The Balaban J connectivity index is 2.17. The second kappa shape index (κ2) is 4.41. The molecule has 21 heavy (non-hydrogen) atoms. The molecule has 0 bridgehead atoms. The summed E-state index contributed by atoms with van der Waals surface area (Å²) in [6.45, 7) is 0. The molecule has 3 rings (SSSR count). The van der Waals surface area contributed by atoms with E-state index in [2.05, 4.69) is 4.98 Å². The third-order valence-corrected chi connectivity index (χ3v) is 4.10. The van der Waals surface area contributed by atoms with Crippen molar-refractivity contribution in [3.63, 3.8) is 0 Å². The summed E-state index contributed by atoms with van der Waals surface area (Å²) in [6, 6.07) is 3.05. The van der Waals surface area contributed by atoms with Crippen LogP contribution in [0.2, 0.25) is 0 Å². The number of anilines is 1. The van der Waals surface area contributed by atoms with E-state index in [0.29, 0.717) is 22.3 Å². The maximum Gasteiger partial charge on any atom is 0.392 e. The Kier molecular flexibility index (Phi) is 2.89. The van der Waals surface area contributed by atoms with Crippen LogP contribution in [-0.2, 0) is 12.8 Å². The van der Waals surface area contributed by atoms with Crippen LogP contribution in [0.4, 0.5) is 18.9 Å². The minimum absolute atomic E-state index is 0.0314. The number of H-pyrrole nitrogens is 1. The maximum atomic E-state index is 12.9. The zero-order valence-electron chi connectivity index (χ0n) is 11.1. The molecule has 1 amide bonds. The largest absolute Gasteiger partial charge is 0.398 e. The zero-order chi connectivity index (χ0) is 15.4. The van der Waals surface area contributed by atoms with Crippen molar-refractivity contribution in [3.05, 3.63) is 29.0 Å². The number of nitrogen functional groups attached to an aromatic ring is 1. The lowest BCUT2D eigenvalue weighted by molar-refractivity contribution is -0.177. The number of hydrogen-bond donors (Lipinski definition) is 3. The van der Waals surface area contributed by atoms with Crippen LogP contribution in [-0.4, -0.2) is 17.1 Å². The van der Waals surface area contributed by atoms with E-state index < -0.39 is 18.0 Å². The molecule has 1 unspecified atom stereocenters. The van der Waals surface area contributed by atoms with E-state index in [0.717, 1.165) is 5.56 Å². The molecule has 5 N–H and O–H groups in total. The van der Waals surface area contributed by atoms with Crippen molar-refractivity contribution in [2.45, 2.75) is 25.4 Å². The van der Waals surface area contributed by atoms with Gasteiger partial charge in [0.05, 0.1) is 17.0 Å². The molecule has 1 aliphatic carbocycles. The normalized spacial score (nSPS) is 18.7. The fraction of sp³-hybridized carbons (Fsp3) is 0.357. The van der Waals surface area contributed by atoms with Gasteiger partial charge in [-0.05, 0) is 37.0 Å². The lowest BCUT2D eigenvalue weighted by Crippen LogP contribution is -2.28. The minimum Gasteiger partial charge on any atom is -0.398 e. The Morgan fingerprint density at radius 3 is 2.67 bits per heavy atom. The highest BCUT2D eigenvalue weighted by Gasteiger charge is 2.42. The number of halogens is 3. The van der Waals surface area contributed by atoms with Crippen LogP contribution < -0.4 is 11.5 Å². The van der Waals surface area contributed by atoms with Crippen molar-refractivity contribution in [1.29, 1.82) is 0 Å². The molecule has 2 aromatic rings. The molecule has 0 radical (unpaired) electrons. The first-order chi connectivity index (χ1) is 9.79. The first-order valence-electron chi connectivity index (χ1n) is 6.57. The number of primary amides is 1. The van der Waals surface area contributed by atoms with Crippen molar-refractivity contribution in [3.8, 4) is 0 Å². The van der Waals surface area contributed by atoms with Gasteiger partial charge in [-0.2, -0.15) is 13.2 Å². The van der Waals surface area contributed by atoms with Crippen LogP contribution >= 0.6 is 0 Å². The number of aromatic nitrogens is 1. The summed E-state index contributed by atoms with van der Waals surface area (Å²) in [5, 5.41) is 0.627. The molecule has 4 nitrogen and oxygen atoms in total. The summed E-state index contributed by atoms with van der Waals surface area (Å²) in [5.41, 5.74) is 13.6. The highest BCUT2D eigenvalue weighted by molar-refractivity contribution is 6.09. The van der Waals surface area contributed by atoms with Crippen molar-refractivity contribution >= 4 is 22.5 Å². The molecule has 1 atom stereocenters. The van der Waals surface area contributed by atoms with Crippen molar-refractivity contribution in [1.82, 2.24) is 4.98 Å². The lowest BCUT2D eigenvalue weighted by Gasteiger charge is -2.24. The number of carbonyl (C=O) groups excluding carboxylic acids is 1. The Hall–Kier alpha value is -2.18. The van der Waals surface area contributed by atoms with Crippen LogP contribution in [0.1, 0.15) is 28.0 Å². The second-order valence-electron chi connectivity index (χ2n) is 5.38. The van der Waals surface area contributed by atoms with Gasteiger partial charge < -0.3 is 16.5 Å². The summed E-state index contributed by atoms with van der Waals surface area (Å²) in [7, 11) is 0. The second-order valence-corrected chi connectivity index (χ2v) is 5.38. The summed E-state index contributed by atoms with van der Waals surface area (Å²) in [4.78, 5) is 14.4. The number of aryl methyl sites for hydroxylation is 1. The number of benzene rings is 1. The Labute approximate surface area is 118 Å². The average molecular weight is 297 g/mol. The van der Waals surface area contributed by atoms with E-state index in [4.69, 9.17) is 11.5 Å². The molecule has 0 spiro atoms. The predicted molar refractivity (Wildman–Crippen MR) is 72.8 cm³/mol. The van der Waals surface area contributed by atoms with Crippen molar-refractivity contribution in [2.24, 2.45) is 11.7 Å². The maximum absolute atomic E-state index is 12.9. The quantitative estimate of drug-likeness (QED) is 0.706. The van der Waals surface area contributed by atoms with Gasteiger partial charge in [0.25, 0.3) is 5.91 Å². The molecule has 1 aromatic heterocycles. The van der Waals surface area contributed by atoms with Gasteiger partial charge in [-0.15, -0.1) is 0 Å². The van der Waals surface area contributed by atoms with E-state index in [1.54, 1.807) is 6.07 Å². The number of hydrogen-bond acceptors (Lipinski definition) is 2. The third-order valence-electron chi connectivity index (χ3n) is 4.10. The lowest BCUT2D eigenvalue weighted by atomic mass is 9.86. The Bertz CT molecular complexity index is 733. The van der Waals surface area contributed by atoms with E-state index in [9.17, 15) is 18.0 Å². The number of nitrogens with two attached hydrogens (primary N) is 2. The summed E-state index contributed by atoms with van der Waals surface area (Å²) in [5.74, 6) is -2.00. The number of nitrogens with one attached hydrogen (secondary N) is 1. The van der Waals surface area contributed by atoms with Crippen LogP contribution in [0, 0.1) is 5.92 Å². The molecule has 0 saturated carbocycles. The van der Waals surface area contributed by atoms with E-state index >= 15 is 0 Å². The third kappa shape index (κ3) is 2.12. The van der Waals surface area contributed by atoms with Gasteiger partial charge in [-0.25, -0.2) is 0 Å². The first-order valence-corrected chi connectivity index (χ1v) is 6.57. The van der Waals surface area contributed by atoms with E-state index in [1.165, 1.54) is 6.07 Å². The summed E-state index contributed by atoms with van der Waals surface area (Å²) < 4.78 is 38.6. The molecule has 7 heteroatoms. The van der Waals surface area contributed by atoms with Crippen molar-refractivity contribution < 1.29 is 18.0 Å². The van der Waals surface area contributed by atoms with Gasteiger partial charge in [0.15, 0.2) is 0 Å². The Morgan fingerprint density at radius 2 is 2.05 bits per heavy atom. The molecule has 1 aromatic carbocycles. The Morgan fingerprint density at radius 1 is 1.33 bits per heavy atom. The average Bonchev–Trinajstić information content (AvgIpc) is 2.76. The van der Waals surface area contributed by atoms with Gasteiger partial charge in [-0.1, -0.05) is 0 Å². The molecule has 1 heterocycles. The molecule has 1 aliphatic rings. The fourth-order valence-corrected chi connectivity index (χ4v) is 3.05. The number of amides is 1. The molecule has 0 aliphatic heterocycles. The van der Waals surface area contributed by atoms with E-state index in [-0.39, 0.29) is 24.8 Å². The van der Waals surface area contributed by atoms with Gasteiger partial charge in [0, 0.05) is 16.8 Å². The van der Waals surface area contributed by atoms with Crippen LogP contribution in [0.25, 0.3) is 10.9 Å². The molecular weight excluding hydrogens is 283 g/mol. The SMILES string of the molecule is NC(=O)c1ccc(N)c2c3c([nH]c12)CC(C(F)(F)F)CC3. The molecule has 0 fully saturated rings. The van der Waals surface area contributed by atoms with Gasteiger partial charge in [0.1, 0.15) is 0 Å². The van der Waals surface area contributed by atoms with Crippen LogP contribution in [0.3, 0.4) is 0 Å². The standard InChI is InChI=1S/C14H14F3N3O/c15-14(16,17)6-1-2-7-10(5-6)20-12-8(13(19)21)3-4-9(18)11(7)12/h3-4,6,20H,1-2,5,18H2,(H2,19,21). The zero-order valence-corrected chi connectivity index (χ0v) is 11.1. The number of carbonyl (C=O) groups is 1. The molecule has 0 saturated heterocycles. The number of aromatic amines is 1. The van der Waals surface area contributed by atoms with Gasteiger partial charge in [0.2, 0.25) is 0 Å².